The molecule has 1 heterocycles. The highest BCUT2D eigenvalue weighted by Crippen LogP contribution is 2.52. The Balaban J connectivity index is 2.66. The van der Waals surface area contributed by atoms with E-state index in [1.165, 1.54) is 12.8 Å². The Kier molecular flexibility index (Phi) is 1.98. The van der Waals surface area contributed by atoms with Crippen LogP contribution >= 0.6 is 7.14 Å². The molecule has 1 saturated heterocycles. The first-order valence-electron chi connectivity index (χ1n) is 3.97. The first-order valence-corrected chi connectivity index (χ1v) is 6.49. The van der Waals surface area contributed by atoms with Gasteiger partial charge >= 0.3 is 0 Å². The summed E-state index contributed by atoms with van der Waals surface area (Å²) in [5.74, 6) is 0. The average Bonchev–Trinajstić information content (AvgIpc) is 1.56. The Labute approximate surface area is 63.6 Å². The minimum atomic E-state index is -1.71. The van der Waals surface area contributed by atoms with Gasteiger partial charge in [-0.25, -0.2) is 0 Å². The molecule has 1 fully saturated rings. The van der Waals surface area contributed by atoms with Gasteiger partial charge < -0.3 is 4.57 Å². The molecule has 1 rings (SSSR count). The molecular formula is C8H17OP. The summed E-state index contributed by atoms with van der Waals surface area (Å²) in [7, 11) is -1.71. The van der Waals surface area contributed by atoms with Gasteiger partial charge in [0.25, 0.3) is 0 Å². The molecule has 0 bridgehead atoms. The second-order valence-electron chi connectivity index (χ2n) is 4.45. The maximum Gasteiger partial charge on any atom is 0.0853 e. The van der Waals surface area contributed by atoms with Gasteiger partial charge in [0.05, 0.1) is 7.14 Å². The molecule has 0 aromatic carbocycles. The Hall–Kier alpha value is 0.230. The van der Waals surface area contributed by atoms with Gasteiger partial charge in [0.15, 0.2) is 0 Å². The summed E-state index contributed by atoms with van der Waals surface area (Å²) >= 11 is 0. The minimum absolute atomic E-state index is 0.350. The molecule has 0 saturated carbocycles. The van der Waals surface area contributed by atoms with Crippen LogP contribution in [0.1, 0.15) is 26.7 Å². The quantitative estimate of drug-likeness (QED) is 0.498. The first-order chi connectivity index (χ1) is 4.41. The third-order valence-corrected chi connectivity index (χ3v) is 5.03. The lowest BCUT2D eigenvalue weighted by Crippen LogP contribution is -2.22. The molecule has 0 aromatic rings. The average molecular weight is 160 g/mol. The predicted octanol–water partition coefficient (Wildman–Crippen LogP) is 2.80. The summed E-state index contributed by atoms with van der Waals surface area (Å²) in [5, 5.41) is 0. The monoisotopic (exact) mass is 160 g/mol. The van der Waals surface area contributed by atoms with E-state index in [1.54, 1.807) is 0 Å². The van der Waals surface area contributed by atoms with Gasteiger partial charge in [0.1, 0.15) is 0 Å². The summed E-state index contributed by atoms with van der Waals surface area (Å²) in [6.45, 7) is 6.40. The molecule has 0 spiro atoms. The largest absolute Gasteiger partial charge is 0.324 e. The van der Waals surface area contributed by atoms with Crippen molar-refractivity contribution in [2.75, 3.05) is 19.0 Å². The SMILES string of the molecule is CC1(C)CCCP(C)(=O)C1. The van der Waals surface area contributed by atoms with Crippen LogP contribution in [0.15, 0.2) is 0 Å². The summed E-state index contributed by atoms with van der Waals surface area (Å²) in [6.07, 6.45) is 4.36. The van der Waals surface area contributed by atoms with Crippen LogP contribution in [0.5, 0.6) is 0 Å². The van der Waals surface area contributed by atoms with Crippen molar-refractivity contribution in [1.29, 1.82) is 0 Å². The highest BCUT2D eigenvalue weighted by molar-refractivity contribution is 7.63. The third-order valence-electron chi connectivity index (χ3n) is 2.25. The topological polar surface area (TPSA) is 17.1 Å². The van der Waals surface area contributed by atoms with E-state index >= 15 is 0 Å². The molecule has 1 aliphatic rings. The van der Waals surface area contributed by atoms with Crippen molar-refractivity contribution in [1.82, 2.24) is 0 Å². The molecule has 10 heavy (non-hydrogen) atoms. The van der Waals surface area contributed by atoms with E-state index in [2.05, 4.69) is 13.8 Å². The van der Waals surface area contributed by atoms with Crippen LogP contribution in [-0.2, 0) is 4.57 Å². The van der Waals surface area contributed by atoms with Gasteiger partial charge in [0, 0.05) is 12.3 Å². The Morgan fingerprint density at radius 2 is 2.00 bits per heavy atom. The van der Waals surface area contributed by atoms with Crippen molar-refractivity contribution in [2.24, 2.45) is 5.41 Å². The van der Waals surface area contributed by atoms with Crippen LogP contribution in [0, 0.1) is 5.41 Å². The zero-order valence-corrected chi connectivity index (χ0v) is 8.08. The van der Waals surface area contributed by atoms with Crippen molar-refractivity contribution in [2.45, 2.75) is 26.7 Å². The summed E-state index contributed by atoms with van der Waals surface area (Å²) < 4.78 is 11.6. The maximum absolute atomic E-state index is 11.6. The Bertz CT molecular complexity index is 172. The van der Waals surface area contributed by atoms with Crippen molar-refractivity contribution in [3.05, 3.63) is 0 Å². The summed E-state index contributed by atoms with van der Waals surface area (Å²) in [4.78, 5) is 0. The third kappa shape index (κ3) is 2.12. The van der Waals surface area contributed by atoms with Gasteiger partial charge in [-0.1, -0.05) is 13.8 Å². The zero-order chi connectivity index (χ0) is 7.83. The molecule has 0 aliphatic carbocycles. The molecule has 1 nitrogen and oxygen atoms in total. The Morgan fingerprint density at radius 3 is 2.30 bits per heavy atom. The minimum Gasteiger partial charge on any atom is -0.324 e. The van der Waals surface area contributed by atoms with E-state index in [0.29, 0.717) is 5.41 Å². The number of hydrogen-bond donors (Lipinski definition) is 0. The van der Waals surface area contributed by atoms with E-state index < -0.39 is 7.14 Å². The van der Waals surface area contributed by atoms with E-state index in [1.807, 2.05) is 6.66 Å². The normalized spacial score (nSPS) is 39.5. The van der Waals surface area contributed by atoms with Crippen LogP contribution in [0.2, 0.25) is 0 Å². The van der Waals surface area contributed by atoms with Gasteiger partial charge in [0.2, 0.25) is 0 Å². The van der Waals surface area contributed by atoms with Crippen LogP contribution in [0.4, 0.5) is 0 Å². The molecule has 0 radical (unpaired) electrons. The molecule has 1 unspecified atom stereocenters. The lowest BCUT2D eigenvalue weighted by atomic mass is 9.90. The fourth-order valence-corrected chi connectivity index (χ4v) is 4.91. The van der Waals surface area contributed by atoms with Crippen molar-refractivity contribution >= 4 is 7.14 Å². The zero-order valence-electron chi connectivity index (χ0n) is 7.18. The predicted molar refractivity (Wildman–Crippen MR) is 46.3 cm³/mol. The number of rotatable bonds is 0. The van der Waals surface area contributed by atoms with Crippen LogP contribution in [0.25, 0.3) is 0 Å². The smallest absolute Gasteiger partial charge is 0.0853 e. The fraction of sp³-hybridized carbons (Fsp3) is 1.00. The maximum atomic E-state index is 11.6. The lowest BCUT2D eigenvalue weighted by Gasteiger charge is -2.33. The molecule has 1 aliphatic heterocycles. The van der Waals surface area contributed by atoms with Gasteiger partial charge in [-0.3, -0.25) is 0 Å². The molecule has 0 amide bonds. The van der Waals surface area contributed by atoms with Gasteiger partial charge in [-0.15, -0.1) is 0 Å². The van der Waals surface area contributed by atoms with Crippen LogP contribution in [-0.4, -0.2) is 19.0 Å². The highest BCUT2D eigenvalue weighted by Gasteiger charge is 2.31. The number of hydrogen-bond acceptors (Lipinski definition) is 1. The molecule has 2 heteroatoms. The van der Waals surface area contributed by atoms with Crippen molar-refractivity contribution in [3.8, 4) is 0 Å². The Morgan fingerprint density at radius 1 is 1.40 bits per heavy atom. The van der Waals surface area contributed by atoms with Crippen LogP contribution < -0.4 is 0 Å². The summed E-state index contributed by atoms with van der Waals surface area (Å²) in [6, 6.07) is 0. The van der Waals surface area contributed by atoms with E-state index in [0.717, 1.165) is 12.3 Å². The molecule has 60 valence electrons. The highest BCUT2D eigenvalue weighted by atomic mass is 31.2. The van der Waals surface area contributed by atoms with Crippen molar-refractivity contribution < 1.29 is 4.57 Å². The summed E-state index contributed by atoms with van der Waals surface area (Å²) in [5.41, 5.74) is 0.350. The second-order valence-corrected chi connectivity index (χ2v) is 7.80. The second kappa shape index (κ2) is 2.37. The molecular weight excluding hydrogens is 143 g/mol. The first kappa shape index (κ1) is 8.33. The standard InChI is InChI=1S/C8H17OP/c1-8(2)5-4-6-10(3,9)7-8/h4-7H2,1-3H3. The molecule has 1 atom stereocenters. The van der Waals surface area contributed by atoms with E-state index in [9.17, 15) is 4.57 Å². The van der Waals surface area contributed by atoms with E-state index in [4.69, 9.17) is 0 Å². The van der Waals surface area contributed by atoms with E-state index in [-0.39, 0.29) is 0 Å². The lowest BCUT2D eigenvalue weighted by molar-refractivity contribution is 0.358. The fourth-order valence-electron chi connectivity index (χ4n) is 1.96. The van der Waals surface area contributed by atoms with Crippen LogP contribution in [0.3, 0.4) is 0 Å². The molecule has 0 N–H and O–H groups in total. The molecule has 0 aromatic heterocycles. The van der Waals surface area contributed by atoms with Gasteiger partial charge in [-0.05, 0) is 24.9 Å². The van der Waals surface area contributed by atoms with Crippen molar-refractivity contribution in [3.63, 3.8) is 0 Å². The van der Waals surface area contributed by atoms with Gasteiger partial charge in [-0.2, -0.15) is 0 Å².